The lowest BCUT2D eigenvalue weighted by Gasteiger charge is -2.31. The van der Waals surface area contributed by atoms with E-state index in [1.54, 1.807) is 0 Å². The van der Waals surface area contributed by atoms with E-state index in [1.165, 1.54) is 6.33 Å². The fourth-order valence-electron chi connectivity index (χ4n) is 5.90. The van der Waals surface area contributed by atoms with Crippen molar-refractivity contribution in [3.8, 4) is 23.6 Å². The minimum atomic E-state index is -0.425. The van der Waals surface area contributed by atoms with Crippen molar-refractivity contribution >= 4 is 28.2 Å². The molecule has 7 nitrogen and oxygen atoms in total. The van der Waals surface area contributed by atoms with Crippen LogP contribution in [0.3, 0.4) is 0 Å². The van der Waals surface area contributed by atoms with E-state index in [9.17, 15) is 4.79 Å². The molecule has 1 atom stereocenters. The Bertz CT molecular complexity index is 1670. The minimum Gasteiger partial charge on any atom is -0.383 e. The average Bonchev–Trinajstić information content (AvgIpc) is 3.32. The second-order valence-corrected chi connectivity index (χ2v) is 9.95. The zero-order valence-electron chi connectivity index (χ0n) is 20.6. The van der Waals surface area contributed by atoms with Crippen LogP contribution >= 0.6 is 0 Å². The first-order valence-electron chi connectivity index (χ1n) is 12.1. The lowest BCUT2D eigenvalue weighted by molar-refractivity contribution is 0.0800. The second kappa shape index (κ2) is 7.85. The van der Waals surface area contributed by atoms with Crippen molar-refractivity contribution in [2.45, 2.75) is 39.5 Å². The monoisotopic (exact) mass is 474 g/mol. The maximum absolute atomic E-state index is 13.5. The third-order valence-corrected chi connectivity index (χ3v) is 7.79. The molecule has 0 fully saturated rings. The van der Waals surface area contributed by atoms with Gasteiger partial charge < -0.3 is 10.3 Å². The first-order valence-corrected chi connectivity index (χ1v) is 12.1. The maximum atomic E-state index is 13.5. The van der Waals surface area contributed by atoms with Gasteiger partial charge >= 0.3 is 0 Å². The Morgan fingerprint density at radius 2 is 2.03 bits per heavy atom. The molecule has 2 N–H and O–H groups in total. The summed E-state index contributed by atoms with van der Waals surface area (Å²) in [6.07, 6.45) is 14.0. The molecular formula is C29H26N6O. The summed E-state index contributed by atoms with van der Waals surface area (Å²) in [6, 6.07) is 5.96. The third kappa shape index (κ3) is 3.11. The number of aromatic nitrogens is 5. The van der Waals surface area contributed by atoms with Gasteiger partial charge in [0.15, 0.2) is 5.78 Å². The number of hydrogen-bond acceptors (Lipinski definition) is 6. The summed E-state index contributed by atoms with van der Waals surface area (Å²) < 4.78 is 2.05. The highest BCUT2D eigenvalue weighted by Crippen LogP contribution is 2.50. The molecular weight excluding hydrogens is 448 g/mol. The average molecular weight is 475 g/mol. The lowest BCUT2D eigenvalue weighted by Crippen LogP contribution is -2.30. The van der Waals surface area contributed by atoms with Crippen molar-refractivity contribution in [1.29, 1.82) is 0 Å². The van der Waals surface area contributed by atoms with E-state index in [0.717, 1.165) is 69.5 Å². The molecule has 7 heteroatoms. The Hall–Kier alpha value is -4.31. The number of nitrogens with two attached hydrogens (primary N) is 1. The van der Waals surface area contributed by atoms with Crippen molar-refractivity contribution in [2.75, 3.05) is 5.73 Å². The number of terminal acetylenes is 1. The molecule has 36 heavy (non-hydrogen) atoms. The number of anilines is 1. The topological polar surface area (TPSA) is 99.6 Å². The largest absolute Gasteiger partial charge is 0.383 e. The summed E-state index contributed by atoms with van der Waals surface area (Å²) in [7, 11) is 1.98. The quantitative estimate of drug-likeness (QED) is 0.426. The number of carbonyl (C=O) groups is 1. The predicted molar refractivity (Wildman–Crippen MR) is 140 cm³/mol. The molecule has 0 amide bonds. The minimum absolute atomic E-state index is 0.169. The first-order chi connectivity index (χ1) is 17.3. The van der Waals surface area contributed by atoms with Gasteiger partial charge in [0.2, 0.25) is 0 Å². The smallest absolute Gasteiger partial charge is 0.188 e. The van der Waals surface area contributed by atoms with E-state index in [0.29, 0.717) is 23.6 Å². The van der Waals surface area contributed by atoms with Crippen molar-refractivity contribution in [3.63, 3.8) is 0 Å². The molecule has 0 radical (unpaired) electrons. The Labute approximate surface area is 209 Å². The van der Waals surface area contributed by atoms with E-state index in [-0.39, 0.29) is 5.78 Å². The molecule has 0 saturated heterocycles. The molecule has 0 saturated carbocycles. The Morgan fingerprint density at radius 3 is 2.75 bits per heavy atom. The van der Waals surface area contributed by atoms with Gasteiger partial charge in [-0.1, -0.05) is 18.1 Å². The number of ketones is 1. The number of nitrogen functional groups attached to an aromatic ring is 1. The van der Waals surface area contributed by atoms with Gasteiger partial charge in [0, 0.05) is 35.5 Å². The molecule has 0 aromatic carbocycles. The zero-order chi connectivity index (χ0) is 25.2. The van der Waals surface area contributed by atoms with Crippen molar-refractivity contribution < 1.29 is 4.79 Å². The molecule has 4 aromatic rings. The molecule has 2 aliphatic carbocycles. The number of rotatable bonds is 2. The van der Waals surface area contributed by atoms with E-state index < -0.39 is 5.41 Å². The molecule has 0 unspecified atom stereocenters. The van der Waals surface area contributed by atoms with Crippen molar-refractivity contribution in [1.82, 2.24) is 24.5 Å². The highest BCUT2D eigenvalue weighted by molar-refractivity contribution is 6.06. The molecule has 6 rings (SSSR count). The Balaban J connectivity index is 1.50. The Morgan fingerprint density at radius 1 is 1.19 bits per heavy atom. The maximum Gasteiger partial charge on any atom is 0.188 e. The second-order valence-electron chi connectivity index (χ2n) is 9.95. The number of fused-ring (bicyclic) bond motifs is 2. The van der Waals surface area contributed by atoms with Gasteiger partial charge in [-0.15, -0.1) is 6.42 Å². The standard InChI is InChI=1S/C29H26N6O/c1-5-20-12-16(2)21(14-31-20)25-22(23-27(30)32-15-33-28(23)35(25)4)18-8-10-29(11-9-18)13-19-7-6-17(3)34-24(19)26(29)36/h1,6-8,12,14-15H,9-11,13H2,2-4H3,(H2,30,32,33)/t29-/m1/s1. The number of carbonyl (C=O) groups excluding carboxylic acids is 1. The van der Waals surface area contributed by atoms with Crippen LogP contribution < -0.4 is 5.73 Å². The van der Waals surface area contributed by atoms with Gasteiger partial charge in [-0.2, -0.15) is 0 Å². The van der Waals surface area contributed by atoms with Crippen LogP contribution in [0, 0.1) is 31.6 Å². The molecule has 4 aromatic heterocycles. The van der Waals surface area contributed by atoms with Crippen molar-refractivity contribution in [2.24, 2.45) is 12.5 Å². The summed E-state index contributed by atoms with van der Waals surface area (Å²) in [5.41, 5.74) is 15.1. The summed E-state index contributed by atoms with van der Waals surface area (Å²) in [5, 5.41) is 0.830. The summed E-state index contributed by atoms with van der Waals surface area (Å²) in [5.74, 6) is 3.22. The molecule has 178 valence electrons. The molecule has 2 aliphatic rings. The zero-order valence-corrected chi connectivity index (χ0v) is 20.6. The number of allylic oxidation sites excluding steroid dienone is 2. The van der Waals surface area contributed by atoms with E-state index in [4.69, 9.17) is 12.2 Å². The SMILES string of the molecule is C#Cc1cc(C)c(-c2c(C3=CC[C@@]4(CC3)Cc3ccc(C)nc3C4=O)c3c(N)ncnc3n2C)cn1. The van der Waals surface area contributed by atoms with E-state index in [1.807, 2.05) is 39.2 Å². The van der Waals surface area contributed by atoms with Gasteiger partial charge in [-0.25, -0.2) is 19.9 Å². The van der Waals surface area contributed by atoms with Gasteiger partial charge in [0.1, 0.15) is 29.2 Å². The van der Waals surface area contributed by atoms with E-state index >= 15 is 0 Å². The van der Waals surface area contributed by atoms with Crippen LogP contribution in [0.2, 0.25) is 0 Å². The predicted octanol–water partition coefficient (Wildman–Crippen LogP) is 4.60. The fourth-order valence-corrected chi connectivity index (χ4v) is 5.90. The van der Waals surface area contributed by atoms with Crippen LogP contribution in [0.5, 0.6) is 0 Å². The number of nitrogens with zero attached hydrogens (tertiary/aromatic N) is 5. The van der Waals surface area contributed by atoms with Crippen LogP contribution in [-0.4, -0.2) is 30.3 Å². The van der Waals surface area contributed by atoms with E-state index in [2.05, 4.69) is 42.6 Å². The van der Waals surface area contributed by atoms with Crippen LogP contribution in [-0.2, 0) is 13.5 Å². The van der Waals surface area contributed by atoms with Crippen LogP contribution in [0.25, 0.3) is 27.9 Å². The normalized spacial score (nSPS) is 18.9. The third-order valence-electron chi connectivity index (χ3n) is 7.79. The molecule has 4 heterocycles. The Kier molecular flexibility index (Phi) is 4.84. The van der Waals surface area contributed by atoms with Gasteiger partial charge in [-0.3, -0.25) is 4.79 Å². The summed E-state index contributed by atoms with van der Waals surface area (Å²) in [6.45, 7) is 3.96. The number of hydrogen-bond donors (Lipinski definition) is 1. The number of Topliss-reactive ketones (excluding diaryl/α,β-unsaturated/α-hetero) is 1. The summed E-state index contributed by atoms with van der Waals surface area (Å²) >= 11 is 0. The fraction of sp³-hybridized carbons (Fsp3) is 0.276. The molecule has 1 spiro atoms. The van der Waals surface area contributed by atoms with Gasteiger partial charge in [0.25, 0.3) is 0 Å². The van der Waals surface area contributed by atoms with Gasteiger partial charge in [0.05, 0.1) is 11.1 Å². The first kappa shape index (κ1) is 22.2. The number of aryl methyl sites for hydroxylation is 3. The van der Waals surface area contributed by atoms with Crippen LogP contribution in [0.15, 0.2) is 36.8 Å². The van der Waals surface area contributed by atoms with Crippen molar-refractivity contribution in [3.05, 3.63) is 70.6 Å². The lowest BCUT2D eigenvalue weighted by atomic mass is 9.71. The summed E-state index contributed by atoms with van der Waals surface area (Å²) in [4.78, 5) is 31.4. The molecule has 0 bridgehead atoms. The molecule has 0 aliphatic heterocycles. The van der Waals surface area contributed by atoms with Crippen LogP contribution in [0.1, 0.15) is 57.8 Å². The van der Waals surface area contributed by atoms with Gasteiger partial charge in [-0.05, 0) is 68.4 Å². The number of pyridine rings is 2. The highest BCUT2D eigenvalue weighted by atomic mass is 16.1. The highest BCUT2D eigenvalue weighted by Gasteiger charge is 2.47. The van der Waals surface area contributed by atoms with Crippen LogP contribution in [0.4, 0.5) is 5.82 Å².